The molecule has 104 valence electrons. The van der Waals surface area contributed by atoms with Gasteiger partial charge < -0.3 is 37.9 Å². The Morgan fingerprint density at radius 1 is 1.05 bits per heavy atom. The number of nitrogen functional groups attached to an aromatic ring is 1. The summed E-state index contributed by atoms with van der Waals surface area (Å²) in [6.45, 7) is 2.17. The molecule has 0 atom stereocenters. The minimum absolute atomic E-state index is 0. The van der Waals surface area contributed by atoms with Crippen LogP contribution in [0, 0.1) is 0 Å². The Labute approximate surface area is 138 Å². The molecule has 10 heteroatoms. The summed E-state index contributed by atoms with van der Waals surface area (Å²) in [4.78, 5) is 11.1. The second-order valence-electron chi connectivity index (χ2n) is 2.34. The van der Waals surface area contributed by atoms with Crippen LogP contribution in [0.1, 0.15) is 17.3 Å². The molecule has 0 spiro atoms. The third kappa shape index (κ3) is 15.5. The summed E-state index contributed by atoms with van der Waals surface area (Å²) in [7, 11) is 0. The van der Waals surface area contributed by atoms with Gasteiger partial charge in [-0.15, -0.1) is 0 Å². The van der Waals surface area contributed by atoms with Crippen LogP contribution in [0.3, 0.4) is 0 Å². The van der Waals surface area contributed by atoms with Crippen LogP contribution in [0.2, 0.25) is 0 Å². The van der Waals surface area contributed by atoms with Crippen molar-refractivity contribution in [3.05, 3.63) is 29.8 Å². The van der Waals surface area contributed by atoms with Gasteiger partial charge in [-0.3, -0.25) is 0 Å². The Balaban J connectivity index is -0.0000000411. The Bertz CT molecular complexity index is 286. The first-order valence-corrected chi connectivity index (χ1v) is 3.76. The molecule has 0 aliphatic heterocycles. The van der Waals surface area contributed by atoms with Crippen molar-refractivity contribution in [2.24, 2.45) is 0 Å². The monoisotopic (exact) mass is 301 g/mol. The summed E-state index contributed by atoms with van der Waals surface area (Å²) >= 11 is 0. The maximum absolute atomic E-state index is 11.1. The van der Waals surface area contributed by atoms with Gasteiger partial charge >= 0.3 is 46.4 Å². The van der Waals surface area contributed by atoms with Crippen molar-refractivity contribution in [3.63, 3.8) is 0 Å². The molecule has 1 aromatic rings. The van der Waals surface area contributed by atoms with E-state index in [1.54, 1.807) is 31.2 Å². The topological polar surface area (TPSA) is 202 Å². The number of esters is 1. The SMILES string of the molecule is CCOC(=O)c1ccc(N)cc1.[Al+3].[Mg+2].[OH-].[OH-].[OH-].[OH-].[OH-]. The van der Waals surface area contributed by atoms with E-state index in [4.69, 9.17) is 10.5 Å². The van der Waals surface area contributed by atoms with Crippen molar-refractivity contribution in [3.8, 4) is 0 Å². The van der Waals surface area contributed by atoms with Crippen LogP contribution in [0.4, 0.5) is 5.69 Å². The molecule has 0 aliphatic rings. The zero-order valence-corrected chi connectivity index (χ0v) is 13.0. The van der Waals surface area contributed by atoms with Crippen LogP contribution in [-0.2, 0) is 4.74 Å². The molecular formula is C9H16AlMgNO7. The summed E-state index contributed by atoms with van der Waals surface area (Å²) in [6.07, 6.45) is 0. The van der Waals surface area contributed by atoms with Gasteiger partial charge in [0.05, 0.1) is 12.2 Å². The predicted molar refractivity (Wildman–Crippen MR) is 68.0 cm³/mol. The molecule has 1 rings (SSSR count). The molecule has 0 aromatic heterocycles. The van der Waals surface area contributed by atoms with E-state index in [1.807, 2.05) is 0 Å². The van der Waals surface area contributed by atoms with E-state index in [-0.39, 0.29) is 73.8 Å². The Morgan fingerprint density at radius 2 is 1.42 bits per heavy atom. The minimum atomic E-state index is -0.308. The fraction of sp³-hybridized carbons (Fsp3) is 0.222. The van der Waals surface area contributed by atoms with Crippen LogP contribution in [0.15, 0.2) is 24.3 Å². The summed E-state index contributed by atoms with van der Waals surface area (Å²) < 4.78 is 4.79. The zero-order valence-electron chi connectivity index (χ0n) is 10.4. The van der Waals surface area contributed by atoms with Gasteiger partial charge in [0, 0.05) is 5.69 Å². The molecule has 7 N–H and O–H groups in total. The van der Waals surface area contributed by atoms with E-state index in [1.165, 1.54) is 0 Å². The average molecular weight is 302 g/mol. The molecule has 0 aliphatic carbocycles. The van der Waals surface area contributed by atoms with Gasteiger partial charge in [0.25, 0.3) is 0 Å². The van der Waals surface area contributed by atoms with Crippen molar-refractivity contribution in [1.82, 2.24) is 0 Å². The first-order valence-electron chi connectivity index (χ1n) is 3.76. The first kappa shape index (κ1) is 42.8. The molecule has 1 aromatic carbocycles. The predicted octanol–water partition coefficient (Wildman–Crippen LogP) is -0.200. The smallest absolute Gasteiger partial charge is 0.870 e. The number of benzene rings is 1. The van der Waals surface area contributed by atoms with Crippen LogP contribution >= 0.6 is 0 Å². The maximum Gasteiger partial charge on any atom is 3.00 e. The van der Waals surface area contributed by atoms with Crippen molar-refractivity contribution < 1.29 is 36.9 Å². The van der Waals surface area contributed by atoms with Crippen LogP contribution in [-0.4, -0.2) is 80.4 Å². The summed E-state index contributed by atoms with van der Waals surface area (Å²) in [5.74, 6) is -0.308. The van der Waals surface area contributed by atoms with E-state index in [0.29, 0.717) is 17.9 Å². The molecule has 0 saturated heterocycles. The molecular weight excluding hydrogens is 285 g/mol. The molecule has 0 saturated carbocycles. The molecule has 0 heterocycles. The largest absolute Gasteiger partial charge is 3.00 e. The van der Waals surface area contributed by atoms with Crippen LogP contribution in [0.25, 0.3) is 0 Å². The third-order valence-corrected chi connectivity index (χ3v) is 1.42. The Morgan fingerprint density at radius 3 is 1.74 bits per heavy atom. The van der Waals surface area contributed by atoms with Gasteiger partial charge in [-0.05, 0) is 31.2 Å². The van der Waals surface area contributed by atoms with Crippen molar-refractivity contribution in [2.45, 2.75) is 6.92 Å². The summed E-state index contributed by atoms with van der Waals surface area (Å²) in [6, 6.07) is 6.64. The molecule has 19 heavy (non-hydrogen) atoms. The van der Waals surface area contributed by atoms with Gasteiger partial charge in [-0.1, -0.05) is 0 Å². The number of anilines is 1. The van der Waals surface area contributed by atoms with E-state index >= 15 is 0 Å². The molecule has 0 fully saturated rings. The molecule has 0 bridgehead atoms. The van der Waals surface area contributed by atoms with E-state index in [2.05, 4.69) is 0 Å². The number of hydrogen-bond donors (Lipinski definition) is 1. The number of carbonyl (C=O) groups excluding carboxylic acids is 1. The fourth-order valence-electron chi connectivity index (χ4n) is 0.834. The van der Waals surface area contributed by atoms with Gasteiger partial charge in [0.15, 0.2) is 0 Å². The summed E-state index contributed by atoms with van der Waals surface area (Å²) in [5, 5.41) is 0. The molecule has 0 unspecified atom stereocenters. The normalized spacial score (nSPS) is 5.95. The second-order valence-corrected chi connectivity index (χ2v) is 2.34. The van der Waals surface area contributed by atoms with Gasteiger partial charge in [0.2, 0.25) is 0 Å². The van der Waals surface area contributed by atoms with Crippen molar-refractivity contribution >= 4 is 52.1 Å². The fourth-order valence-corrected chi connectivity index (χ4v) is 0.834. The van der Waals surface area contributed by atoms with E-state index < -0.39 is 0 Å². The van der Waals surface area contributed by atoms with E-state index in [9.17, 15) is 4.79 Å². The number of nitrogens with two attached hydrogens (primary N) is 1. The molecule has 8 nitrogen and oxygen atoms in total. The first-order chi connectivity index (χ1) is 5.74. The van der Waals surface area contributed by atoms with Gasteiger partial charge in [-0.2, -0.15) is 0 Å². The minimum Gasteiger partial charge on any atom is -0.870 e. The quantitative estimate of drug-likeness (QED) is 0.438. The Kier molecular flexibility index (Phi) is 51.3. The standard InChI is InChI=1S/C9H11NO2.Al.Mg.5H2O/c1-2-12-9(11)7-3-5-8(10)6-4-7;;;;;;;/h3-6H,2,10H2,1H3;;;5*1H2/q;+3;+2;;;;;/p-5. The number of carbonyl (C=O) groups is 1. The molecule has 0 radical (unpaired) electrons. The van der Waals surface area contributed by atoms with Crippen LogP contribution < -0.4 is 5.73 Å². The van der Waals surface area contributed by atoms with Crippen molar-refractivity contribution in [1.29, 1.82) is 0 Å². The van der Waals surface area contributed by atoms with E-state index in [0.717, 1.165) is 0 Å². The third-order valence-electron chi connectivity index (χ3n) is 1.42. The number of hydrogen-bond acceptors (Lipinski definition) is 8. The average Bonchev–Trinajstić information content (AvgIpc) is 2.06. The number of ether oxygens (including phenoxy) is 1. The van der Waals surface area contributed by atoms with Crippen molar-refractivity contribution in [2.75, 3.05) is 12.3 Å². The molecule has 0 amide bonds. The number of rotatable bonds is 2. The zero-order chi connectivity index (χ0) is 8.97. The summed E-state index contributed by atoms with van der Waals surface area (Å²) in [5.41, 5.74) is 6.62. The van der Waals surface area contributed by atoms with Gasteiger partial charge in [-0.25, -0.2) is 4.79 Å². The van der Waals surface area contributed by atoms with Crippen LogP contribution in [0.5, 0.6) is 0 Å². The Hall–Kier alpha value is -0.411. The van der Waals surface area contributed by atoms with Gasteiger partial charge in [0.1, 0.15) is 0 Å². The second kappa shape index (κ2) is 22.7. The maximum atomic E-state index is 11.1.